The van der Waals surface area contributed by atoms with E-state index < -0.39 is 51.2 Å². The number of hydrogen-bond donors (Lipinski definition) is 1. The fourth-order valence-corrected chi connectivity index (χ4v) is 5.66. The molecule has 9 nitrogen and oxygen atoms in total. The molecular weight excluding hydrogens is 630 g/mol. The van der Waals surface area contributed by atoms with Crippen molar-refractivity contribution < 1.29 is 49.0 Å². The van der Waals surface area contributed by atoms with Gasteiger partial charge in [-0.2, -0.15) is 22.0 Å². The van der Waals surface area contributed by atoms with Gasteiger partial charge in [-0.25, -0.2) is 27.8 Å². The Morgan fingerprint density at radius 2 is 1.73 bits per heavy atom. The molecule has 0 spiro atoms. The molecule has 1 N–H and O–H groups in total. The van der Waals surface area contributed by atoms with Gasteiger partial charge < -0.3 is 18.8 Å². The maximum Gasteiger partial charge on any atom is 0.434 e. The summed E-state index contributed by atoms with van der Waals surface area (Å²) < 4.78 is 117. The van der Waals surface area contributed by atoms with E-state index in [1.54, 1.807) is 0 Å². The second kappa shape index (κ2) is 11.7. The molecule has 0 fully saturated rings. The molecule has 0 radical (unpaired) electrons. The first-order valence-electron chi connectivity index (χ1n) is 12.9. The molecule has 45 heavy (non-hydrogen) atoms. The number of benzene rings is 2. The monoisotopic (exact) mass is 652 g/mol. The van der Waals surface area contributed by atoms with Gasteiger partial charge >= 0.3 is 12.8 Å². The topological polar surface area (TPSA) is 120 Å². The Bertz CT molecular complexity index is 2000. The standard InChI is InChI=1S/C29H22F6N4O5S/c1-14-37-24(29(33,34)35)12-39(14)22-6-4-16(18-9-21(30)20(13-40)23(10-18)45(3,41)42)8-19(22)26-27(43-15(2)38-26)17-5-7-25(36-11-17)44-28(31)32/h4-12,28,40H,13H2,1-3H3. The van der Waals surface area contributed by atoms with Crippen LogP contribution in [-0.4, -0.2) is 45.9 Å². The number of alkyl halides is 5. The molecule has 0 aliphatic carbocycles. The Kier molecular flexibility index (Phi) is 8.22. The molecule has 236 valence electrons. The van der Waals surface area contributed by atoms with Crippen molar-refractivity contribution in [2.45, 2.75) is 38.1 Å². The van der Waals surface area contributed by atoms with Crippen LogP contribution in [0.15, 0.2) is 64.2 Å². The second-order valence-corrected chi connectivity index (χ2v) is 11.8. The van der Waals surface area contributed by atoms with Crippen molar-refractivity contribution in [2.75, 3.05) is 6.26 Å². The Labute approximate surface area is 251 Å². The smallest absolute Gasteiger partial charge is 0.434 e. The largest absolute Gasteiger partial charge is 0.440 e. The van der Waals surface area contributed by atoms with Crippen molar-refractivity contribution >= 4 is 9.84 Å². The van der Waals surface area contributed by atoms with Crippen LogP contribution in [0, 0.1) is 19.7 Å². The molecule has 0 bridgehead atoms. The molecule has 5 rings (SSSR count). The molecule has 0 saturated carbocycles. The average molecular weight is 653 g/mol. The third-order valence-electron chi connectivity index (χ3n) is 6.67. The van der Waals surface area contributed by atoms with E-state index in [1.165, 1.54) is 54.9 Å². The van der Waals surface area contributed by atoms with Crippen molar-refractivity contribution in [1.82, 2.24) is 19.5 Å². The number of aromatic nitrogens is 4. The van der Waals surface area contributed by atoms with Crippen molar-refractivity contribution in [1.29, 1.82) is 0 Å². The van der Waals surface area contributed by atoms with Crippen LogP contribution in [0.3, 0.4) is 0 Å². The summed E-state index contributed by atoms with van der Waals surface area (Å²) in [6, 6.07) is 9.03. The minimum absolute atomic E-state index is 0.0361. The second-order valence-electron chi connectivity index (χ2n) is 9.81. The number of aryl methyl sites for hydroxylation is 2. The first-order chi connectivity index (χ1) is 21.1. The summed E-state index contributed by atoms with van der Waals surface area (Å²) in [4.78, 5) is 11.5. The number of imidazole rings is 1. The number of sulfone groups is 1. The summed E-state index contributed by atoms with van der Waals surface area (Å²) in [7, 11) is -3.99. The van der Waals surface area contributed by atoms with Crippen molar-refractivity contribution in [3.63, 3.8) is 0 Å². The van der Waals surface area contributed by atoms with Gasteiger partial charge in [-0.3, -0.25) is 0 Å². The van der Waals surface area contributed by atoms with E-state index in [0.717, 1.165) is 24.6 Å². The molecule has 5 aromatic rings. The highest BCUT2D eigenvalue weighted by Crippen LogP contribution is 2.40. The zero-order chi connectivity index (χ0) is 32.8. The van der Waals surface area contributed by atoms with E-state index in [-0.39, 0.29) is 57.0 Å². The SMILES string of the molecule is Cc1nc(-c2cc(-c3cc(F)c(CO)c(S(C)(=O)=O)c3)ccc2-n2cc(C(F)(F)F)nc2C)c(-c2ccc(OC(F)F)nc2)o1. The fourth-order valence-electron chi connectivity index (χ4n) is 4.71. The van der Waals surface area contributed by atoms with Crippen LogP contribution in [0.1, 0.15) is 23.0 Å². The summed E-state index contributed by atoms with van der Waals surface area (Å²) in [5.41, 5.74) is -0.623. The number of ether oxygens (including phenoxy) is 1. The van der Waals surface area contributed by atoms with E-state index >= 15 is 4.39 Å². The highest BCUT2D eigenvalue weighted by atomic mass is 32.2. The van der Waals surface area contributed by atoms with Crippen LogP contribution in [0.2, 0.25) is 0 Å². The fraction of sp³-hybridized carbons (Fsp3) is 0.207. The van der Waals surface area contributed by atoms with Gasteiger partial charge in [0.15, 0.2) is 27.2 Å². The Hall–Kier alpha value is -4.70. The number of aliphatic hydroxyl groups is 1. The van der Waals surface area contributed by atoms with Crippen LogP contribution < -0.4 is 4.74 Å². The van der Waals surface area contributed by atoms with E-state index in [1.807, 2.05) is 0 Å². The molecule has 16 heteroatoms. The number of aliphatic hydroxyl groups excluding tert-OH is 1. The molecular formula is C29H22F6N4O5S. The zero-order valence-corrected chi connectivity index (χ0v) is 24.3. The van der Waals surface area contributed by atoms with Crippen molar-refractivity contribution in [3.8, 4) is 45.3 Å². The third kappa shape index (κ3) is 6.42. The quantitative estimate of drug-likeness (QED) is 0.188. The maximum absolute atomic E-state index is 15.0. The van der Waals surface area contributed by atoms with Gasteiger partial charge in [-0.05, 0) is 48.4 Å². The molecule has 0 amide bonds. The van der Waals surface area contributed by atoms with Crippen LogP contribution >= 0.6 is 0 Å². The average Bonchev–Trinajstić information content (AvgIpc) is 3.54. The predicted molar refractivity (Wildman–Crippen MR) is 148 cm³/mol. The van der Waals surface area contributed by atoms with Gasteiger partial charge in [0, 0.05) is 48.3 Å². The molecule has 0 saturated heterocycles. The lowest BCUT2D eigenvalue weighted by atomic mass is 9.97. The molecule has 0 aliphatic heterocycles. The molecule has 3 aromatic heterocycles. The number of halogens is 6. The minimum Gasteiger partial charge on any atom is -0.440 e. The van der Waals surface area contributed by atoms with Gasteiger partial charge in [-0.15, -0.1) is 0 Å². The van der Waals surface area contributed by atoms with E-state index in [4.69, 9.17) is 4.42 Å². The normalized spacial score (nSPS) is 12.2. The summed E-state index contributed by atoms with van der Waals surface area (Å²) in [5.74, 6) is -1.21. The van der Waals surface area contributed by atoms with Gasteiger partial charge in [0.25, 0.3) is 0 Å². The molecule has 0 atom stereocenters. The van der Waals surface area contributed by atoms with E-state index in [0.29, 0.717) is 0 Å². The summed E-state index contributed by atoms with van der Waals surface area (Å²) >= 11 is 0. The highest BCUT2D eigenvalue weighted by molar-refractivity contribution is 7.90. The van der Waals surface area contributed by atoms with E-state index in [2.05, 4.69) is 19.7 Å². The van der Waals surface area contributed by atoms with Crippen LogP contribution in [-0.2, 0) is 22.6 Å². The molecule has 3 heterocycles. The lowest BCUT2D eigenvalue weighted by Crippen LogP contribution is -2.06. The van der Waals surface area contributed by atoms with Crippen LogP contribution in [0.4, 0.5) is 26.3 Å². The maximum atomic E-state index is 15.0. The number of hydrogen-bond acceptors (Lipinski definition) is 8. The van der Waals surface area contributed by atoms with Crippen molar-refractivity contribution in [2.24, 2.45) is 0 Å². The zero-order valence-electron chi connectivity index (χ0n) is 23.5. The van der Waals surface area contributed by atoms with Gasteiger partial charge in [0.05, 0.1) is 17.2 Å². The first kappa shape index (κ1) is 31.7. The minimum atomic E-state index is -4.76. The van der Waals surface area contributed by atoms with Crippen LogP contribution in [0.5, 0.6) is 5.88 Å². The lowest BCUT2D eigenvalue weighted by Gasteiger charge is -2.15. The Morgan fingerprint density at radius 3 is 2.31 bits per heavy atom. The van der Waals surface area contributed by atoms with Gasteiger partial charge in [0.2, 0.25) is 5.88 Å². The lowest BCUT2D eigenvalue weighted by molar-refractivity contribution is -0.141. The Morgan fingerprint density at radius 1 is 1.02 bits per heavy atom. The number of rotatable bonds is 8. The molecule has 0 unspecified atom stereocenters. The first-order valence-corrected chi connectivity index (χ1v) is 14.8. The predicted octanol–water partition coefficient (Wildman–Crippen LogP) is 6.53. The van der Waals surface area contributed by atoms with Gasteiger partial charge in [-0.1, -0.05) is 6.07 Å². The van der Waals surface area contributed by atoms with Crippen molar-refractivity contribution in [3.05, 3.63) is 83.6 Å². The van der Waals surface area contributed by atoms with Crippen LogP contribution in [0.25, 0.3) is 39.4 Å². The van der Waals surface area contributed by atoms with E-state index in [9.17, 15) is 35.5 Å². The number of nitrogens with zero attached hydrogens (tertiary/aromatic N) is 4. The molecule has 2 aromatic carbocycles. The summed E-state index contributed by atoms with van der Waals surface area (Å²) in [6.45, 7) is -1.13. The third-order valence-corrected chi connectivity index (χ3v) is 7.84. The highest BCUT2D eigenvalue weighted by Gasteiger charge is 2.35. The molecule has 0 aliphatic rings. The van der Waals surface area contributed by atoms with Gasteiger partial charge in [0.1, 0.15) is 17.3 Å². The summed E-state index contributed by atoms with van der Waals surface area (Å²) in [6.07, 6.45) is -1.94. The Balaban J connectivity index is 1.76. The number of oxazole rings is 1. The number of pyridine rings is 1. The summed E-state index contributed by atoms with van der Waals surface area (Å²) in [5, 5.41) is 9.60.